The van der Waals surface area contributed by atoms with Gasteiger partial charge in [0.15, 0.2) is 0 Å². The molecule has 134 valence electrons. The van der Waals surface area contributed by atoms with Gasteiger partial charge in [-0.3, -0.25) is 0 Å². The topological polar surface area (TPSA) is 24.5 Å². The highest BCUT2D eigenvalue weighted by Crippen LogP contribution is 2.20. The summed E-state index contributed by atoms with van der Waals surface area (Å²) in [6, 6.07) is 19.2. The van der Waals surface area contributed by atoms with Crippen LogP contribution in [0.4, 0.5) is 0 Å². The first-order valence-electron chi connectivity index (χ1n) is 9.59. The number of hydrogen-bond donors (Lipinski definition) is 1. The predicted octanol–water partition coefficient (Wildman–Crippen LogP) is 3.54. The minimum Gasteiger partial charge on any atom is -0.493 e. The van der Waals surface area contributed by atoms with Crippen molar-refractivity contribution in [2.75, 3.05) is 39.3 Å². The van der Waals surface area contributed by atoms with Crippen LogP contribution in [0.2, 0.25) is 0 Å². The second-order valence-electron chi connectivity index (χ2n) is 6.74. The fraction of sp³-hybridized carbons (Fsp3) is 0.455. The van der Waals surface area contributed by atoms with Gasteiger partial charge in [0.1, 0.15) is 5.75 Å². The standard InChI is InChI=1S/C22H30N2O/c1-2-8-20(9-3-1)12-13-21-10-4-5-11-22(21)25-19-7-6-16-24-17-14-23-15-18-24/h1-5,8-11,23H,6-7,12-19H2. The molecule has 2 aromatic rings. The number of nitrogens with zero attached hydrogens (tertiary/aromatic N) is 1. The minimum absolute atomic E-state index is 0.814. The zero-order valence-electron chi connectivity index (χ0n) is 15.1. The molecule has 1 saturated heterocycles. The maximum atomic E-state index is 6.08. The molecule has 0 radical (unpaired) electrons. The van der Waals surface area contributed by atoms with Gasteiger partial charge in [-0.1, -0.05) is 48.5 Å². The second-order valence-corrected chi connectivity index (χ2v) is 6.74. The van der Waals surface area contributed by atoms with Gasteiger partial charge in [0.05, 0.1) is 6.61 Å². The molecule has 25 heavy (non-hydrogen) atoms. The fourth-order valence-corrected chi connectivity index (χ4v) is 3.33. The van der Waals surface area contributed by atoms with Gasteiger partial charge in [-0.2, -0.15) is 0 Å². The van der Waals surface area contributed by atoms with Crippen molar-refractivity contribution < 1.29 is 4.74 Å². The molecular weight excluding hydrogens is 308 g/mol. The van der Waals surface area contributed by atoms with Crippen molar-refractivity contribution >= 4 is 0 Å². The van der Waals surface area contributed by atoms with Gasteiger partial charge in [-0.15, -0.1) is 0 Å². The summed E-state index contributed by atoms with van der Waals surface area (Å²) in [5.41, 5.74) is 2.70. The Hall–Kier alpha value is -1.84. The Labute approximate surface area is 152 Å². The molecule has 0 atom stereocenters. The molecule has 3 rings (SSSR count). The molecule has 0 amide bonds. The largest absolute Gasteiger partial charge is 0.493 e. The van der Waals surface area contributed by atoms with E-state index >= 15 is 0 Å². The molecule has 0 bridgehead atoms. The van der Waals surface area contributed by atoms with E-state index in [1.54, 1.807) is 0 Å². The van der Waals surface area contributed by atoms with Crippen molar-refractivity contribution in [3.8, 4) is 5.75 Å². The van der Waals surface area contributed by atoms with E-state index in [0.717, 1.165) is 44.7 Å². The molecular formula is C22H30N2O. The van der Waals surface area contributed by atoms with Gasteiger partial charge in [0.25, 0.3) is 0 Å². The number of ether oxygens (including phenoxy) is 1. The van der Waals surface area contributed by atoms with E-state index in [0.29, 0.717) is 0 Å². The number of rotatable bonds is 9. The Morgan fingerprint density at radius 3 is 2.44 bits per heavy atom. The van der Waals surface area contributed by atoms with Crippen LogP contribution in [-0.2, 0) is 12.8 Å². The van der Waals surface area contributed by atoms with Gasteiger partial charge >= 0.3 is 0 Å². The molecule has 1 heterocycles. The van der Waals surface area contributed by atoms with Gasteiger partial charge in [0.2, 0.25) is 0 Å². The molecule has 1 aliphatic rings. The average Bonchev–Trinajstić information content (AvgIpc) is 2.68. The van der Waals surface area contributed by atoms with E-state index in [9.17, 15) is 0 Å². The zero-order chi connectivity index (χ0) is 17.2. The molecule has 1 fully saturated rings. The Morgan fingerprint density at radius 2 is 1.60 bits per heavy atom. The fourth-order valence-electron chi connectivity index (χ4n) is 3.33. The normalized spacial score (nSPS) is 15.2. The van der Waals surface area contributed by atoms with Crippen LogP contribution < -0.4 is 10.1 Å². The summed E-state index contributed by atoms with van der Waals surface area (Å²) in [6.45, 7) is 6.64. The number of hydrogen-bond acceptors (Lipinski definition) is 3. The second kappa shape index (κ2) is 10.2. The monoisotopic (exact) mass is 338 g/mol. The first-order chi connectivity index (χ1) is 12.4. The molecule has 1 N–H and O–H groups in total. The highest BCUT2D eigenvalue weighted by Gasteiger charge is 2.08. The summed E-state index contributed by atoms with van der Waals surface area (Å²) in [6.07, 6.45) is 4.42. The summed E-state index contributed by atoms with van der Waals surface area (Å²) in [5, 5.41) is 3.40. The van der Waals surface area contributed by atoms with Gasteiger partial charge in [-0.05, 0) is 49.4 Å². The van der Waals surface area contributed by atoms with Crippen molar-refractivity contribution in [1.29, 1.82) is 0 Å². The summed E-state index contributed by atoms with van der Waals surface area (Å²) < 4.78 is 6.08. The molecule has 0 saturated carbocycles. The maximum Gasteiger partial charge on any atom is 0.122 e. The molecule has 3 nitrogen and oxygen atoms in total. The minimum atomic E-state index is 0.814. The number of piperazine rings is 1. The summed E-state index contributed by atoms with van der Waals surface area (Å²) in [5.74, 6) is 1.06. The third-order valence-corrected chi connectivity index (χ3v) is 4.83. The molecule has 2 aromatic carbocycles. The van der Waals surface area contributed by atoms with Crippen molar-refractivity contribution in [1.82, 2.24) is 10.2 Å². The summed E-state index contributed by atoms with van der Waals surface area (Å²) in [4.78, 5) is 2.55. The molecule has 0 aliphatic carbocycles. The van der Waals surface area contributed by atoms with E-state index in [1.165, 1.54) is 37.2 Å². The highest BCUT2D eigenvalue weighted by molar-refractivity contribution is 5.34. The molecule has 1 aliphatic heterocycles. The average molecular weight is 338 g/mol. The van der Waals surface area contributed by atoms with Gasteiger partial charge in [-0.25, -0.2) is 0 Å². The van der Waals surface area contributed by atoms with E-state index in [4.69, 9.17) is 4.74 Å². The van der Waals surface area contributed by atoms with Gasteiger partial charge < -0.3 is 15.0 Å². The summed E-state index contributed by atoms with van der Waals surface area (Å²) >= 11 is 0. The zero-order valence-corrected chi connectivity index (χ0v) is 15.1. The van der Waals surface area contributed by atoms with Crippen LogP contribution in [0.5, 0.6) is 5.75 Å². The van der Waals surface area contributed by atoms with Crippen LogP contribution in [-0.4, -0.2) is 44.2 Å². The Kier molecular flexibility index (Phi) is 7.34. The molecule has 0 unspecified atom stereocenters. The van der Waals surface area contributed by atoms with E-state index in [1.807, 2.05) is 0 Å². The van der Waals surface area contributed by atoms with E-state index in [-0.39, 0.29) is 0 Å². The number of nitrogens with one attached hydrogen (secondary N) is 1. The van der Waals surface area contributed by atoms with Crippen LogP contribution >= 0.6 is 0 Å². The van der Waals surface area contributed by atoms with Crippen LogP contribution in [0.3, 0.4) is 0 Å². The lowest BCUT2D eigenvalue weighted by Crippen LogP contribution is -2.43. The first kappa shape index (κ1) is 18.0. The third-order valence-electron chi connectivity index (χ3n) is 4.83. The Morgan fingerprint density at radius 1 is 0.840 bits per heavy atom. The van der Waals surface area contributed by atoms with Crippen molar-refractivity contribution in [3.63, 3.8) is 0 Å². The predicted molar refractivity (Wildman–Crippen MR) is 104 cm³/mol. The lowest BCUT2D eigenvalue weighted by atomic mass is 10.0. The lowest BCUT2D eigenvalue weighted by molar-refractivity contribution is 0.225. The molecule has 0 aromatic heterocycles. The van der Waals surface area contributed by atoms with Gasteiger partial charge in [0, 0.05) is 26.2 Å². The molecule has 0 spiro atoms. The van der Waals surface area contributed by atoms with Crippen molar-refractivity contribution in [3.05, 3.63) is 65.7 Å². The first-order valence-corrected chi connectivity index (χ1v) is 9.59. The van der Waals surface area contributed by atoms with E-state index in [2.05, 4.69) is 64.8 Å². The van der Waals surface area contributed by atoms with Crippen LogP contribution in [0.25, 0.3) is 0 Å². The number of unbranched alkanes of at least 4 members (excludes halogenated alkanes) is 1. The third kappa shape index (κ3) is 6.18. The highest BCUT2D eigenvalue weighted by atomic mass is 16.5. The maximum absolute atomic E-state index is 6.08. The van der Waals surface area contributed by atoms with Crippen LogP contribution in [0.15, 0.2) is 54.6 Å². The molecule has 3 heteroatoms. The Balaban J connectivity index is 1.39. The SMILES string of the molecule is c1ccc(CCc2ccccc2OCCCCN2CCNCC2)cc1. The summed E-state index contributed by atoms with van der Waals surface area (Å²) in [7, 11) is 0. The number of para-hydroxylation sites is 1. The van der Waals surface area contributed by atoms with Crippen LogP contribution in [0.1, 0.15) is 24.0 Å². The van der Waals surface area contributed by atoms with Crippen molar-refractivity contribution in [2.45, 2.75) is 25.7 Å². The van der Waals surface area contributed by atoms with Crippen molar-refractivity contribution in [2.24, 2.45) is 0 Å². The smallest absolute Gasteiger partial charge is 0.122 e. The lowest BCUT2D eigenvalue weighted by Gasteiger charge is -2.27. The van der Waals surface area contributed by atoms with Crippen LogP contribution in [0, 0.1) is 0 Å². The Bertz CT molecular complexity index is 608. The number of benzene rings is 2. The van der Waals surface area contributed by atoms with E-state index < -0.39 is 0 Å². The quantitative estimate of drug-likeness (QED) is 0.708. The number of aryl methyl sites for hydroxylation is 2.